The van der Waals surface area contributed by atoms with Crippen molar-refractivity contribution in [2.75, 3.05) is 19.8 Å². The quantitative estimate of drug-likeness (QED) is 0.675. The molecule has 0 saturated carbocycles. The fraction of sp³-hybridized carbons (Fsp3) is 0.900. The highest BCUT2D eigenvalue weighted by atomic mass is 79.9. The van der Waals surface area contributed by atoms with Crippen LogP contribution in [0.5, 0.6) is 0 Å². The minimum atomic E-state index is -0.507. The third-order valence-corrected chi connectivity index (χ3v) is 3.41. The molecule has 0 radical (unpaired) electrons. The zero-order valence-electron chi connectivity index (χ0n) is 9.03. The molecule has 2 heterocycles. The van der Waals surface area contributed by atoms with Crippen molar-refractivity contribution >= 4 is 21.8 Å². The second-order valence-electron chi connectivity index (χ2n) is 4.52. The van der Waals surface area contributed by atoms with Crippen molar-refractivity contribution in [2.45, 2.75) is 36.9 Å². The summed E-state index contributed by atoms with van der Waals surface area (Å²) in [6, 6.07) is 0.0769. The molecule has 2 saturated heterocycles. The number of hydrogen-bond acceptors (Lipinski definition) is 3. The number of carbonyl (C=O) groups is 1. The topological polar surface area (TPSA) is 38.8 Å². The van der Waals surface area contributed by atoms with Crippen LogP contribution in [0.25, 0.3) is 0 Å². The Bertz CT molecular complexity index is 259. The molecular weight excluding hydrogens is 262 g/mol. The molecular formula is C10H16BrNO3. The molecule has 0 aliphatic carbocycles. The molecule has 1 unspecified atom stereocenters. The van der Waals surface area contributed by atoms with E-state index in [1.165, 1.54) is 0 Å². The van der Waals surface area contributed by atoms with Crippen molar-refractivity contribution in [3.63, 3.8) is 0 Å². The summed E-state index contributed by atoms with van der Waals surface area (Å²) in [6.07, 6.45) is 0.583. The van der Waals surface area contributed by atoms with Gasteiger partial charge in [0.1, 0.15) is 0 Å². The standard InChI is InChI=1S/C10H16BrNO3/c1-10(2)14-5-8(6-15-10)12-4-7(11)3-9(12)13/h7-8H,3-6H2,1-2H3. The van der Waals surface area contributed by atoms with Gasteiger partial charge in [0, 0.05) is 17.8 Å². The molecule has 0 bridgehead atoms. The van der Waals surface area contributed by atoms with E-state index in [2.05, 4.69) is 15.9 Å². The van der Waals surface area contributed by atoms with Crippen molar-refractivity contribution in [1.82, 2.24) is 4.90 Å². The van der Waals surface area contributed by atoms with Crippen LogP contribution in [0, 0.1) is 0 Å². The van der Waals surface area contributed by atoms with E-state index in [4.69, 9.17) is 9.47 Å². The number of ether oxygens (including phenoxy) is 2. The summed E-state index contributed by atoms with van der Waals surface area (Å²) in [5.74, 6) is -0.318. The number of hydrogen-bond donors (Lipinski definition) is 0. The zero-order chi connectivity index (χ0) is 11.1. The number of amides is 1. The summed E-state index contributed by atoms with van der Waals surface area (Å²) in [6.45, 7) is 5.68. The van der Waals surface area contributed by atoms with Gasteiger partial charge in [0.05, 0.1) is 19.3 Å². The van der Waals surface area contributed by atoms with Crippen molar-refractivity contribution in [3.8, 4) is 0 Å². The van der Waals surface area contributed by atoms with Gasteiger partial charge in [0.25, 0.3) is 0 Å². The summed E-state index contributed by atoms with van der Waals surface area (Å²) >= 11 is 3.46. The third kappa shape index (κ3) is 2.52. The SMILES string of the molecule is CC1(C)OCC(N2CC(Br)CC2=O)CO1. The molecule has 2 aliphatic heterocycles. The van der Waals surface area contributed by atoms with Crippen LogP contribution in [0.2, 0.25) is 0 Å². The maximum Gasteiger partial charge on any atom is 0.224 e. The van der Waals surface area contributed by atoms with Crippen molar-refractivity contribution in [2.24, 2.45) is 0 Å². The maximum atomic E-state index is 11.6. The van der Waals surface area contributed by atoms with Gasteiger partial charge in [-0.1, -0.05) is 15.9 Å². The lowest BCUT2D eigenvalue weighted by Gasteiger charge is -2.38. The second-order valence-corrected chi connectivity index (χ2v) is 5.82. The molecule has 2 rings (SSSR count). The number of nitrogens with zero attached hydrogens (tertiary/aromatic N) is 1. The normalized spacial score (nSPS) is 32.3. The number of likely N-dealkylation sites (tertiary alicyclic amines) is 1. The molecule has 0 aromatic rings. The largest absolute Gasteiger partial charge is 0.348 e. The number of carbonyl (C=O) groups excluding carboxylic acids is 1. The molecule has 86 valence electrons. The second kappa shape index (κ2) is 4.03. The van der Waals surface area contributed by atoms with E-state index in [1.54, 1.807) is 0 Å². The molecule has 1 amide bonds. The van der Waals surface area contributed by atoms with E-state index in [0.717, 1.165) is 6.54 Å². The van der Waals surface area contributed by atoms with Crippen molar-refractivity contribution < 1.29 is 14.3 Å². The van der Waals surface area contributed by atoms with E-state index in [0.29, 0.717) is 19.6 Å². The average molecular weight is 278 g/mol. The molecule has 2 aliphatic rings. The molecule has 0 aromatic heterocycles. The third-order valence-electron chi connectivity index (χ3n) is 2.80. The number of halogens is 1. The van der Waals surface area contributed by atoms with Gasteiger partial charge >= 0.3 is 0 Å². The zero-order valence-corrected chi connectivity index (χ0v) is 10.6. The lowest BCUT2D eigenvalue weighted by Crippen LogP contribution is -2.51. The molecule has 0 spiro atoms. The summed E-state index contributed by atoms with van der Waals surface area (Å²) < 4.78 is 11.1. The number of alkyl halides is 1. The first-order valence-corrected chi connectivity index (χ1v) is 6.11. The molecule has 4 nitrogen and oxygen atoms in total. The lowest BCUT2D eigenvalue weighted by atomic mass is 10.2. The monoisotopic (exact) mass is 277 g/mol. The minimum Gasteiger partial charge on any atom is -0.348 e. The Morgan fingerprint density at radius 3 is 2.47 bits per heavy atom. The first-order chi connectivity index (χ1) is 6.98. The first kappa shape index (κ1) is 11.4. The summed E-state index contributed by atoms with van der Waals surface area (Å²) in [5, 5.41) is 0. The van der Waals surface area contributed by atoms with E-state index >= 15 is 0 Å². The van der Waals surface area contributed by atoms with Gasteiger partial charge in [-0.15, -0.1) is 0 Å². The Morgan fingerprint density at radius 2 is 2.00 bits per heavy atom. The summed E-state index contributed by atoms with van der Waals surface area (Å²) in [4.78, 5) is 13.8. The van der Waals surface area contributed by atoms with E-state index in [-0.39, 0.29) is 16.8 Å². The van der Waals surface area contributed by atoms with Gasteiger partial charge < -0.3 is 14.4 Å². The van der Waals surface area contributed by atoms with Crippen LogP contribution >= 0.6 is 15.9 Å². The Balaban J connectivity index is 1.93. The Morgan fingerprint density at radius 1 is 1.40 bits per heavy atom. The van der Waals surface area contributed by atoms with Crippen LogP contribution in [-0.4, -0.2) is 47.2 Å². The predicted octanol–water partition coefficient (Wildman–Crippen LogP) is 1.13. The smallest absolute Gasteiger partial charge is 0.224 e. The number of rotatable bonds is 1. The molecule has 15 heavy (non-hydrogen) atoms. The van der Waals surface area contributed by atoms with Crippen LogP contribution < -0.4 is 0 Å². The van der Waals surface area contributed by atoms with Crippen LogP contribution in [-0.2, 0) is 14.3 Å². The van der Waals surface area contributed by atoms with Crippen molar-refractivity contribution in [1.29, 1.82) is 0 Å². The van der Waals surface area contributed by atoms with Crippen LogP contribution in [0.1, 0.15) is 20.3 Å². The summed E-state index contributed by atoms with van der Waals surface area (Å²) in [7, 11) is 0. The highest BCUT2D eigenvalue weighted by molar-refractivity contribution is 9.09. The minimum absolute atomic E-state index is 0.0769. The summed E-state index contributed by atoms with van der Waals surface area (Å²) in [5.41, 5.74) is 0. The fourth-order valence-corrected chi connectivity index (χ4v) is 2.49. The van der Waals surface area contributed by atoms with Crippen LogP contribution in [0.4, 0.5) is 0 Å². The Hall–Kier alpha value is -0.130. The van der Waals surface area contributed by atoms with Gasteiger partial charge in [0.2, 0.25) is 5.91 Å². The Labute approximate surface area is 98.0 Å². The average Bonchev–Trinajstić information content (AvgIpc) is 2.45. The molecule has 1 atom stereocenters. The maximum absolute atomic E-state index is 11.6. The van der Waals surface area contributed by atoms with Gasteiger partial charge in [-0.05, 0) is 13.8 Å². The van der Waals surface area contributed by atoms with Gasteiger partial charge in [-0.3, -0.25) is 4.79 Å². The van der Waals surface area contributed by atoms with Gasteiger partial charge in [0.15, 0.2) is 5.79 Å². The van der Waals surface area contributed by atoms with Gasteiger partial charge in [-0.2, -0.15) is 0 Å². The van der Waals surface area contributed by atoms with Crippen LogP contribution in [0.3, 0.4) is 0 Å². The molecule has 0 aromatic carbocycles. The molecule has 5 heteroatoms. The van der Waals surface area contributed by atoms with E-state index in [9.17, 15) is 4.79 Å². The van der Waals surface area contributed by atoms with Crippen molar-refractivity contribution in [3.05, 3.63) is 0 Å². The fourth-order valence-electron chi connectivity index (χ4n) is 1.90. The highest BCUT2D eigenvalue weighted by Gasteiger charge is 2.37. The molecule has 0 N–H and O–H groups in total. The van der Waals surface area contributed by atoms with E-state index in [1.807, 2.05) is 18.7 Å². The van der Waals surface area contributed by atoms with Crippen LogP contribution in [0.15, 0.2) is 0 Å². The van der Waals surface area contributed by atoms with Gasteiger partial charge in [-0.25, -0.2) is 0 Å². The first-order valence-electron chi connectivity index (χ1n) is 5.19. The lowest BCUT2D eigenvalue weighted by molar-refractivity contribution is -0.262. The predicted molar refractivity (Wildman–Crippen MR) is 58.8 cm³/mol. The van der Waals surface area contributed by atoms with E-state index < -0.39 is 5.79 Å². The Kier molecular flexibility index (Phi) is 3.05. The molecule has 2 fully saturated rings. The highest BCUT2D eigenvalue weighted by Crippen LogP contribution is 2.25.